The van der Waals surface area contributed by atoms with E-state index in [1.165, 1.54) is 0 Å². The van der Waals surface area contributed by atoms with Crippen molar-refractivity contribution < 1.29 is 15.4 Å². The Morgan fingerprint density at radius 3 is 2.38 bits per heavy atom. The van der Waals surface area contributed by atoms with Gasteiger partial charge in [-0.05, 0) is 19.1 Å². The maximum atomic E-state index is 12.7. The number of hydrogen-bond acceptors (Lipinski definition) is 8. The van der Waals surface area contributed by atoms with E-state index < -0.39 is 0 Å². The molecule has 1 aromatic carbocycles. The molecule has 3 aromatic rings. The Bertz CT molecular complexity index is 1080. The number of carbonyl (C=O) groups excluding carboxylic acids is 1. The predicted molar refractivity (Wildman–Crippen MR) is 119 cm³/mol. The van der Waals surface area contributed by atoms with Crippen molar-refractivity contribution in [3.8, 4) is 23.0 Å². The van der Waals surface area contributed by atoms with Gasteiger partial charge in [0.25, 0.3) is 5.89 Å². The number of morpholine rings is 1. The second-order valence-electron chi connectivity index (χ2n) is 7.80. The summed E-state index contributed by atoms with van der Waals surface area (Å²) >= 11 is 0. The van der Waals surface area contributed by atoms with E-state index in [2.05, 4.69) is 20.1 Å². The normalized spacial score (nSPS) is 17.0. The number of hydrogen-bond donors (Lipinski definition) is 0. The molecule has 10 nitrogen and oxygen atoms in total. The molecule has 5 rings (SSSR count). The summed E-state index contributed by atoms with van der Waals surface area (Å²) in [5.41, 5.74) is 2.15. The Balaban J connectivity index is 0.00000259. The van der Waals surface area contributed by atoms with Crippen LogP contribution in [-0.2, 0) is 4.74 Å². The minimum absolute atomic E-state index is 0. The van der Waals surface area contributed by atoms with Gasteiger partial charge in [0.2, 0.25) is 5.89 Å². The lowest BCUT2D eigenvalue weighted by atomic mass is 10.2. The third-order valence-corrected chi connectivity index (χ3v) is 5.75. The van der Waals surface area contributed by atoms with Crippen LogP contribution in [-0.4, -0.2) is 88.5 Å². The van der Waals surface area contributed by atoms with Crippen LogP contribution in [0.1, 0.15) is 7.12 Å². The highest BCUT2D eigenvalue weighted by atomic mass is 16.5. The number of aryl methyl sites for hydroxylation is 1. The maximum Gasteiger partial charge on any atom is 0.320 e. The van der Waals surface area contributed by atoms with Crippen molar-refractivity contribution >= 4 is 11.8 Å². The van der Waals surface area contributed by atoms with Crippen LogP contribution < -0.4 is 4.90 Å². The van der Waals surface area contributed by atoms with Crippen molar-refractivity contribution in [3.05, 3.63) is 42.2 Å². The summed E-state index contributed by atoms with van der Waals surface area (Å²) in [6, 6.07) is 9.72. The van der Waals surface area contributed by atoms with E-state index in [0.717, 1.165) is 17.1 Å². The van der Waals surface area contributed by atoms with Crippen molar-refractivity contribution in [1.29, 1.82) is 0 Å². The molecule has 2 aliphatic heterocycles. The van der Waals surface area contributed by atoms with Crippen LogP contribution in [0.5, 0.6) is 0 Å². The molecule has 0 bridgehead atoms. The minimum atomic E-state index is 0. The molecular weight excluding hydrogens is 410 g/mol. The molecule has 0 radical (unpaired) electrons. The molecule has 0 unspecified atom stereocenters. The molecule has 10 heteroatoms. The van der Waals surface area contributed by atoms with Crippen molar-refractivity contribution in [2.24, 2.45) is 0 Å². The Kier molecular flexibility index (Phi) is 5.68. The average Bonchev–Trinajstić information content (AvgIpc) is 3.35. The molecule has 2 aromatic heterocycles. The number of anilines is 1. The van der Waals surface area contributed by atoms with Crippen LogP contribution >= 0.6 is 0 Å². The standard InChI is InChI=1S/C22H25N7O3.H2/c1-16-19(21-26-25-20(32-21)17-5-3-2-4-6-17)24-18(15-23-16)27-7-9-28(10-8-27)22(30)29-11-13-31-14-12-29;/h2-6,15H,7-14H2,1H3;1H. The molecule has 4 heterocycles. The number of piperazine rings is 1. The molecule has 0 N–H and O–H groups in total. The highest BCUT2D eigenvalue weighted by molar-refractivity contribution is 5.75. The van der Waals surface area contributed by atoms with E-state index in [9.17, 15) is 4.79 Å². The van der Waals surface area contributed by atoms with Crippen molar-refractivity contribution in [3.63, 3.8) is 0 Å². The molecule has 2 saturated heterocycles. The molecular formula is C22H27N7O3. The van der Waals surface area contributed by atoms with Gasteiger partial charge in [-0.15, -0.1) is 10.2 Å². The topological polar surface area (TPSA) is 101 Å². The largest absolute Gasteiger partial charge is 0.415 e. The first kappa shape index (κ1) is 20.4. The second kappa shape index (κ2) is 8.91. The van der Waals surface area contributed by atoms with Crippen molar-refractivity contribution in [2.75, 3.05) is 57.4 Å². The Morgan fingerprint density at radius 2 is 1.62 bits per heavy atom. The number of ether oxygens (including phenoxy) is 1. The summed E-state index contributed by atoms with van der Waals surface area (Å²) in [5.74, 6) is 1.53. The van der Waals surface area contributed by atoms with Gasteiger partial charge in [0.1, 0.15) is 5.82 Å². The number of urea groups is 1. The van der Waals surface area contributed by atoms with E-state index in [4.69, 9.17) is 14.1 Å². The summed E-state index contributed by atoms with van der Waals surface area (Å²) in [4.78, 5) is 27.9. The van der Waals surface area contributed by atoms with Gasteiger partial charge in [0.15, 0.2) is 5.69 Å². The van der Waals surface area contributed by atoms with Gasteiger partial charge in [0, 0.05) is 46.3 Å². The Hall–Kier alpha value is -3.53. The minimum Gasteiger partial charge on any atom is -0.415 e. The van der Waals surface area contributed by atoms with Gasteiger partial charge in [-0.25, -0.2) is 9.78 Å². The molecule has 2 amide bonds. The zero-order valence-corrected chi connectivity index (χ0v) is 18.0. The smallest absolute Gasteiger partial charge is 0.320 e. The van der Waals surface area contributed by atoms with Gasteiger partial charge < -0.3 is 23.9 Å². The fourth-order valence-electron chi connectivity index (χ4n) is 3.89. The number of rotatable bonds is 3. The van der Waals surface area contributed by atoms with E-state index in [0.29, 0.717) is 70.0 Å². The Labute approximate surface area is 187 Å². The highest BCUT2D eigenvalue weighted by Crippen LogP contribution is 2.26. The second-order valence-corrected chi connectivity index (χ2v) is 7.80. The van der Waals surface area contributed by atoms with Crippen molar-refractivity contribution in [2.45, 2.75) is 6.92 Å². The zero-order valence-electron chi connectivity index (χ0n) is 18.0. The number of nitrogens with zero attached hydrogens (tertiary/aromatic N) is 7. The number of amides is 2. The fraction of sp³-hybridized carbons (Fsp3) is 0.409. The van der Waals surface area contributed by atoms with Gasteiger partial charge in [-0.2, -0.15) is 0 Å². The van der Waals surface area contributed by atoms with Gasteiger partial charge in [0.05, 0.1) is 25.1 Å². The molecule has 32 heavy (non-hydrogen) atoms. The van der Waals surface area contributed by atoms with E-state index in [1.54, 1.807) is 6.20 Å². The van der Waals surface area contributed by atoms with Crippen LogP contribution in [0.3, 0.4) is 0 Å². The average molecular weight is 438 g/mol. The lowest BCUT2D eigenvalue weighted by molar-refractivity contribution is 0.0428. The monoisotopic (exact) mass is 437 g/mol. The summed E-state index contributed by atoms with van der Waals surface area (Å²) in [7, 11) is 0. The van der Waals surface area contributed by atoms with Crippen LogP contribution in [0, 0.1) is 6.92 Å². The molecule has 0 aliphatic carbocycles. The van der Waals surface area contributed by atoms with Crippen LogP contribution in [0.25, 0.3) is 23.0 Å². The summed E-state index contributed by atoms with van der Waals surface area (Å²) < 4.78 is 11.2. The number of aromatic nitrogens is 4. The lowest BCUT2D eigenvalue weighted by Crippen LogP contribution is -2.55. The van der Waals surface area contributed by atoms with Crippen LogP contribution in [0.4, 0.5) is 10.6 Å². The Morgan fingerprint density at radius 1 is 0.938 bits per heavy atom. The molecule has 0 saturated carbocycles. The molecule has 168 valence electrons. The van der Waals surface area contributed by atoms with Crippen LogP contribution in [0.15, 0.2) is 40.9 Å². The van der Waals surface area contributed by atoms with Gasteiger partial charge in [-0.1, -0.05) is 18.2 Å². The molecule has 2 aliphatic rings. The SMILES string of the molecule is Cc1ncc(N2CCN(C(=O)N3CCOCC3)CC2)nc1-c1nnc(-c2ccccc2)o1.[HH]. The first-order valence-electron chi connectivity index (χ1n) is 10.8. The summed E-state index contributed by atoms with van der Waals surface area (Å²) in [6.07, 6.45) is 1.76. The zero-order chi connectivity index (χ0) is 21.9. The quantitative estimate of drug-likeness (QED) is 0.615. The summed E-state index contributed by atoms with van der Waals surface area (Å²) in [6.45, 7) is 7.04. The third kappa shape index (κ3) is 4.13. The summed E-state index contributed by atoms with van der Waals surface area (Å²) in [5, 5.41) is 8.35. The molecule has 2 fully saturated rings. The van der Waals surface area contributed by atoms with E-state index >= 15 is 0 Å². The number of carbonyl (C=O) groups is 1. The maximum absolute atomic E-state index is 12.7. The fourth-order valence-corrected chi connectivity index (χ4v) is 3.89. The molecule has 0 atom stereocenters. The van der Waals surface area contributed by atoms with E-state index in [1.807, 2.05) is 47.1 Å². The predicted octanol–water partition coefficient (Wildman–Crippen LogP) is 2.32. The van der Waals surface area contributed by atoms with Gasteiger partial charge >= 0.3 is 6.03 Å². The van der Waals surface area contributed by atoms with Crippen molar-refractivity contribution in [1.82, 2.24) is 30.0 Å². The van der Waals surface area contributed by atoms with E-state index in [-0.39, 0.29) is 7.46 Å². The highest BCUT2D eigenvalue weighted by Gasteiger charge is 2.27. The van der Waals surface area contributed by atoms with Gasteiger partial charge in [-0.3, -0.25) is 4.98 Å². The molecule has 0 spiro atoms. The first-order valence-corrected chi connectivity index (χ1v) is 10.8. The number of benzene rings is 1. The third-order valence-electron chi connectivity index (χ3n) is 5.75. The lowest BCUT2D eigenvalue weighted by Gasteiger charge is -2.38. The first-order chi connectivity index (χ1) is 15.7. The van der Waals surface area contributed by atoms with Crippen LogP contribution in [0.2, 0.25) is 0 Å².